The first kappa shape index (κ1) is 23.3. The molecule has 176 valence electrons. The van der Waals surface area contributed by atoms with Crippen LogP contribution in [-0.4, -0.2) is 42.4 Å². The summed E-state index contributed by atoms with van der Waals surface area (Å²) in [5, 5.41) is 10.6. The van der Waals surface area contributed by atoms with E-state index >= 15 is 0 Å². The fraction of sp³-hybridized carbons (Fsp3) is 0.296. The van der Waals surface area contributed by atoms with E-state index in [0.29, 0.717) is 16.9 Å². The normalized spacial score (nSPS) is 13.7. The lowest BCUT2D eigenvalue weighted by molar-refractivity contribution is -0.116. The molecule has 0 spiro atoms. The maximum absolute atomic E-state index is 12.4. The second-order valence-corrected chi connectivity index (χ2v) is 8.52. The van der Waals surface area contributed by atoms with Gasteiger partial charge in [-0.15, -0.1) is 0 Å². The van der Waals surface area contributed by atoms with Crippen LogP contribution in [0.1, 0.15) is 42.5 Å². The molecule has 0 atom stereocenters. The average molecular weight is 459 g/mol. The summed E-state index contributed by atoms with van der Waals surface area (Å²) in [5.74, 6) is -0.400. The Morgan fingerprint density at radius 1 is 0.735 bits per heavy atom. The van der Waals surface area contributed by atoms with E-state index in [0.717, 1.165) is 36.7 Å². The monoisotopic (exact) mass is 458 g/mol. The first-order valence-corrected chi connectivity index (χ1v) is 11.8. The average Bonchev–Trinajstić information content (AvgIpc) is 3.15. The van der Waals surface area contributed by atoms with Crippen LogP contribution in [-0.2, 0) is 4.79 Å². The molecule has 3 aromatic rings. The van der Waals surface area contributed by atoms with Gasteiger partial charge in [-0.3, -0.25) is 9.59 Å². The molecule has 1 aliphatic heterocycles. The van der Waals surface area contributed by atoms with Crippen LogP contribution in [0.5, 0.6) is 0 Å². The van der Waals surface area contributed by atoms with Crippen molar-refractivity contribution < 1.29 is 14.4 Å². The van der Waals surface area contributed by atoms with E-state index < -0.39 is 0 Å². The van der Waals surface area contributed by atoms with Crippen molar-refractivity contribution in [3.63, 3.8) is 0 Å². The molecule has 0 aromatic heterocycles. The van der Waals surface area contributed by atoms with Gasteiger partial charge in [-0.05, 0) is 60.0 Å². The number of rotatable bonds is 6. The van der Waals surface area contributed by atoms with Gasteiger partial charge in [0.1, 0.15) is 0 Å². The maximum Gasteiger partial charge on any atom is 0.321 e. The molecule has 1 aliphatic rings. The van der Waals surface area contributed by atoms with Crippen LogP contribution in [0.4, 0.5) is 16.2 Å². The second kappa shape index (κ2) is 11.3. The summed E-state index contributed by atoms with van der Waals surface area (Å²) in [6, 6.07) is 20.4. The Bertz CT molecular complexity index is 1150. The van der Waals surface area contributed by atoms with E-state index in [1.807, 2.05) is 41.3 Å². The summed E-state index contributed by atoms with van der Waals surface area (Å²) in [4.78, 5) is 39.0. The highest BCUT2D eigenvalue weighted by molar-refractivity contribution is 5.99. The molecule has 3 aromatic carbocycles. The van der Waals surface area contributed by atoms with Crippen LogP contribution in [0.15, 0.2) is 66.7 Å². The molecular formula is C27H30N4O3. The molecule has 34 heavy (non-hydrogen) atoms. The van der Waals surface area contributed by atoms with Crippen molar-refractivity contribution in [1.82, 2.24) is 10.2 Å². The molecule has 0 aliphatic carbocycles. The SMILES string of the molecule is O=C(CCNC(=O)c1ccc2ccccc2c1)Nc1ccc(NC(=O)N2CCCCCC2)cc1. The molecule has 4 rings (SSSR count). The molecule has 0 bridgehead atoms. The first-order chi connectivity index (χ1) is 16.6. The number of fused-ring (bicyclic) bond motifs is 1. The zero-order chi connectivity index (χ0) is 23.8. The van der Waals surface area contributed by atoms with Gasteiger partial charge in [-0.1, -0.05) is 43.2 Å². The van der Waals surface area contributed by atoms with Crippen LogP contribution in [0, 0.1) is 0 Å². The number of amides is 4. The third kappa shape index (κ3) is 6.34. The number of carbonyl (C=O) groups is 3. The third-order valence-electron chi connectivity index (χ3n) is 5.96. The summed E-state index contributed by atoms with van der Waals surface area (Å²) < 4.78 is 0. The number of nitrogens with zero attached hydrogens (tertiary/aromatic N) is 1. The minimum Gasteiger partial charge on any atom is -0.352 e. The number of benzene rings is 3. The van der Waals surface area contributed by atoms with E-state index in [1.165, 1.54) is 12.8 Å². The smallest absolute Gasteiger partial charge is 0.321 e. The van der Waals surface area contributed by atoms with E-state index in [-0.39, 0.29) is 30.8 Å². The summed E-state index contributed by atoms with van der Waals surface area (Å²) in [7, 11) is 0. The fourth-order valence-corrected chi connectivity index (χ4v) is 4.06. The van der Waals surface area contributed by atoms with Crippen LogP contribution in [0.25, 0.3) is 10.8 Å². The predicted octanol–water partition coefficient (Wildman–Crippen LogP) is 5.01. The number of hydrogen-bond donors (Lipinski definition) is 3. The van der Waals surface area contributed by atoms with Crippen molar-refractivity contribution in [2.75, 3.05) is 30.3 Å². The van der Waals surface area contributed by atoms with Gasteiger partial charge in [0.05, 0.1) is 0 Å². The molecule has 0 saturated carbocycles. The molecule has 0 radical (unpaired) electrons. The molecular weight excluding hydrogens is 428 g/mol. The van der Waals surface area contributed by atoms with Gasteiger partial charge >= 0.3 is 6.03 Å². The zero-order valence-corrected chi connectivity index (χ0v) is 19.2. The van der Waals surface area contributed by atoms with Gasteiger partial charge in [0.25, 0.3) is 5.91 Å². The van der Waals surface area contributed by atoms with Crippen LogP contribution in [0.3, 0.4) is 0 Å². The van der Waals surface area contributed by atoms with Gasteiger partial charge < -0.3 is 20.9 Å². The highest BCUT2D eigenvalue weighted by atomic mass is 16.2. The van der Waals surface area contributed by atoms with Crippen molar-refractivity contribution in [3.05, 3.63) is 72.3 Å². The van der Waals surface area contributed by atoms with Gasteiger partial charge in [0.2, 0.25) is 5.91 Å². The number of likely N-dealkylation sites (tertiary alicyclic amines) is 1. The lowest BCUT2D eigenvalue weighted by Gasteiger charge is -2.20. The number of nitrogens with one attached hydrogen (secondary N) is 3. The molecule has 7 nitrogen and oxygen atoms in total. The summed E-state index contributed by atoms with van der Waals surface area (Å²) >= 11 is 0. The minimum absolute atomic E-state index is 0.0826. The topological polar surface area (TPSA) is 90.5 Å². The molecule has 7 heteroatoms. The highest BCUT2D eigenvalue weighted by Gasteiger charge is 2.15. The van der Waals surface area contributed by atoms with Crippen LogP contribution >= 0.6 is 0 Å². The van der Waals surface area contributed by atoms with Crippen molar-refractivity contribution in [1.29, 1.82) is 0 Å². The number of urea groups is 1. The fourth-order valence-electron chi connectivity index (χ4n) is 4.06. The molecule has 1 fully saturated rings. The zero-order valence-electron chi connectivity index (χ0n) is 19.2. The summed E-state index contributed by atoms with van der Waals surface area (Å²) in [6.45, 7) is 1.82. The van der Waals surface area contributed by atoms with Crippen molar-refractivity contribution >= 4 is 40.0 Å². The number of hydrogen-bond acceptors (Lipinski definition) is 3. The Morgan fingerprint density at radius 2 is 1.38 bits per heavy atom. The van der Waals surface area contributed by atoms with Gasteiger partial charge in [0.15, 0.2) is 0 Å². The van der Waals surface area contributed by atoms with Crippen molar-refractivity contribution in [2.45, 2.75) is 32.1 Å². The Hall–Kier alpha value is -3.87. The largest absolute Gasteiger partial charge is 0.352 e. The first-order valence-electron chi connectivity index (χ1n) is 11.8. The number of anilines is 2. The van der Waals surface area contributed by atoms with E-state index in [1.54, 1.807) is 30.3 Å². The summed E-state index contributed by atoms with van der Waals surface area (Å²) in [6.07, 6.45) is 4.59. The quantitative estimate of drug-likeness (QED) is 0.485. The van der Waals surface area contributed by atoms with Gasteiger partial charge in [0, 0.05) is 43.0 Å². The molecule has 1 saturated heterocycles. The lowest BCUT2D eigenvalue weighted by atomic mass is 10.1. The van der Waals surface area contributed by atoms with Crippen LogP contribution in [0.2, 0.25) is 0 Å². The molecule has 3 N–H and O–H groups in total. The maximum atomic E-state index is 12.4. The minimum atomic E-state index is -0.206. The highest BCUT2D eigenvalue weighted by Crippen LogP contribution is 2.17. The Labute approximate surface area is 199 Å². The van der Waals surface area contributed by atoms with E-state index in [2.05, 4.69) is 16.0 Å². The Balaban J connectivity index is 1.21. The van der Waals surface area contributed by atoms with Crippen molar-refractivity contribution in [2.24, 2.45) is 0 Å². The lowest BCUT2D eigenvalue weighted by Crippen LogP contribution is -2.35. The standard InChI is InChI=1S/C27H30N4O3/c32-25(15-16-28-26(33)22-10-9-20-7-3-4-8-21(20)19-22)29-23-11-13-24(14-12-23)30-27(34)31-17-5-1-2-6-18-31/h3-4,7-14,19H,1-2,5-6,15-18H2,(H,28,33)(H,29,32)(H,30,34). The second-order valence-electron chi connectivity index (χ2n) is 8.52. The Morgan fingerprint density at radius 3 is 2.09 bits per heavy atom. The Kier molecular flexibility index (Phi) is 7.75. The van der Waals surface area contributed by atoms with Crippen LogP contribution < -0.4 is 16.0 Å². The van der Waals surface area contributed by atoms with E-state index in [9.17, 15) is 14.4 Å². The third-order valence-corrected chi connectivity index (χ3v) is 5.96. The van der Waals surface area contributed by atoms with Gasteiger partial charge in [-0.25, -0.2) is 4.79 Å². The number of carbonyl (C=O) groups excluding carboxylic acids is 3. The molecule has 4 amide bonds. The van der Waals surface area contributed by atoms with Crippen molar-refractivity contribution in [3.8, 4) is 0 Å². The van der Waals surface area contributed by atoms with E-state index in [4.69, 9.17) is 0 Å². The molecule has 1 heterocycles. The summed E-state index contributed by atoms with van der Waals surface area (Å²) in [5.41, 5.74) is 1.89. The predicted molar refractivity (Wildman–Crippen MR) is 135 cm³/mol. The molecule has 0 unspecified atom stereocenters. The van der Waals surface area contributed by atoms with Gasteiger partial charge in [-0.2, -0.15) is 0 Å².